The van der Waals surface area contributed by atoms with Crippen molar-refractivity contribution in [3.8, 4) is 5.75 Å². The van der Waals surface area contributed by atoms with Crippen molar-refractivity contribution in [3.63, 3.8) is 0 Å². The van der Waals surface area contributed by atoms with E-state index in [0.717, 1.165) is 17.5 Å². The number of hydrazone groups is 1. The first kappa shape index (κ1) is 20.3. The van der Waals surface area contributed by atoms with E-state index in [1.54, 1.807) is 24.4 Å². The Kier molecular flexibility index (Phi) is 5.93. The lowest BCUT2D eigenvalue weighted by Crippen LogP contribution is -2.24. The SMILES string of the molecule is CCn1c2ccccc2c2cc(C=NNC(=O)COc3ccc(Cl)cc3Cl)ccc21. The third-order valence-corrected chi connectivity index (χ3v) is 5.30. The molecule has 152 valence electrons. The molecule has 4 aromatic rings. The van der Waals surface area contributed by atoms with Crippen molar-refractivity contribution in [2.75, 3.05) is 6.61 Å². The Bertz CT molecular complexity index is 1260. The van der Waals surface area contributed by atoms with Crippen LogP contribution in [0.15, 0.2) is 65.8 Å². The summed E-state index contributed by atoms with van der Waals surface area (Å²) in [6, 6.07) is 19.3. The second-order valence-electron chi connectivity index (χ2n) is 6.69. The number of halogens is 2. The minimum atomic E-state index is -0.388. The quantitative estimate of drug-likeness (QED) is 0.311. The predicted molar refractivity (Wildman–Crippen MR) is 123 cm³/mol. The van der Waals surface area contributed by atoms with E-state index in [0.29, 0.717) is 15.8 Å². The first-order valence-corrected chi connectivity index (χ1v) is 10.2. The zero-order chi connectivity index (χ0) is 21.1. The van der Waals surface area contributed by atoms with Gasteiger partial charge in [-0.3, -0.25) is 4.79 Å². The molecule has 0 spiro atoms. The van der Waals surface area contributed by atoms with Crippen LogP contribution in [0.4, 0.5) is 0 Å². The number of hydrogen-bond donors (Lipinski definition) is 1. The van der Waals surface area contributed by atoms with E-state index in [1.807, 2.05) is 18.2 Å². The van der Waals surface area contributed by atoms with Crippen LogP contribution >= 0.6 is 23.2 Å². The topological polar surface area (TPSA) is 55.6 Å². The summed E-state index contributed by atoms with van der Waals surface area (Å²) in [5.74, 6) is -0.00103. The van der Waals surface area contributed by atoms with Crippen LogP contribution in [0.3, 0.4) is 0 Å². The molecule has 0 aliphatic carbocycles. The predicted octanol–water partition coefficient (Wildman–Crippen LogP) is 5.65. The van der Waals surface area contributed by atoms with E-state index in [9.17, 15) is 4.79 Å². The molecule has 0 aliphatic rings. The number of ether oxygens (including phenoxy) is 1. The van der Waals surface area contributed by atoms with Gasteiger partial charge in [-0.2, -0.15) is 5.10 Å². The van der Waals surface area contributed by atoms with Crippen molar-refractivity contribution in [2.24, 2.45) is 5.10 Å². The average molecular weight is 440 g/mol. The Morgan fingerprint density at radius 1 is 1.07 bits per heavy atom. The maximum Gasteiger partial charge on any atom is 0.277 e. The van der Waals surface area contributed by atoms with Crippen molar-refractivity contribution in [2.45, 2.75) is 13.5 Å². The van der Waals surface area contributed by atoms with Gasteiger partial charge in [0.05, 0.1) is 11.2 Å². The van der Waals surface area contributed by atoms with Crippen LogP contribution in [0.2, 0.25) is 10.0 Å². The molecule has 5 nitrogen and oxygen atoms in total. The summed E-state index contributed by atoms with van der Waals surface area (Å²) in [5, 5.41) is 7.24. The van der Waals surface area contributed by atoms with E-state index in [1.165, 1.54) is 16.4 Å². The first-order valence-electron chi connectivity index (χ1n) is 9.47. The van der Waals surface area contributed by atoms with Crippen LogP contribution < -0.4 is 10.2 Å². The molecule has 0 saturated carbocycles. The molecule has 1 heterocycles. The fourth-order valence-corrected chi connectivity index (χ4v) is 3.90. The summed E-state index contributed by atoms with van der Waals surface area (Å²) in [4.78, 5) is 12.0. The third-order valence-electron chi connectivity index (χ3n) is 4.77. The monoisotopic (exact) mass is 439 g/mol. The van der Waals surface area contributed by atoms with E-state index >= 15 is 0 Å². The van der Waals surface area contributed by atoms with Crippen molar-refractivity contribution >= 4 is 57.1 Å². The Labute approximate surface area is 183 Å². The molecular formula is C23H19Cl2N3O2. The summed E-state index contributed by atoms with van der Waals surface area (Å²) >= 11 is 11.9. The van der Waals surface area contributed by atoms with Gasteiger partial charge < -0.3 is 9.30 Å². The zero-order valence-corrected chi connectivity index (χ0v) is 17.7. The molecule has 0 fully saturated rings. The van der Waals surface area contributed by atoms with Crippen LogP contribution in [0.1, 0.15) is 12.5 Å². The molecule has 4 rings (SSSR count). The van der Waals surface area contributed by atoms with Crippen LogP contribution in [0, 0.1) is 0 Å². The minimum Gasteiger partial charge on any atom is -0.482 e. The second kappa shape index (κ2) is 8.78. The number of aryl methyl sites for hydroxylation is 1. The van der Waals surface area contributed by atoms with Gasteiger partial charge in [-0.25, -0.2) is 5.43 Å². The summed E-state index contributed by atoms with van der Waals surface area (Å²) < 4.78 is 7.68. The van der Waals surface area contributed by atoms with Gasteiger partial charge in [0, 0.05) is 33.4 Å². The number of amides is 1. The molecule has 0 unspecified atom stereocenters. The lowest BCUT2D eigenvalue weighted by atomic mass is 10.1. The molecule has 30 heavy (non-hydrogen) atoms. The molecule has 1 aromatic heterocycles. The molecular weight excluding hydrogens is 421 g/mol. The number of para-hydroxylation sites is 1. The number of carbonyl (C=O) groups is 1. The van der Waals surface area contributed by atoms with Gasteiger partial charge in [0.15, 0.2) is 6.61 Å². The Morgan fingerprint density at radius 3 is 2.67 bits per heavy atom. The maximum atomic E-state index is 12.0. The summed E-state index contributed by atoms with van der Waals surface area (Å²) in [6.45, 7) is 2.82. The summed E-state index contributed by atoms with van der Waals surface area (Å²) in [7, 11) is 0. The number of benzene rings is 3. The van der Waals surface area contributed by atoms with Gasteiger partial charge in [-0.1, -0.05) is 47.5 Å². The van der Waals surface area contributed by atoms with Crippen LogP contribution in [0.5, 0.6) is 5.75 Å². The average Bonchev–Trinajstić information content (AvgIpc) is 3.06. The fourth-order valence-electron chi connectivity index (χ4n) is 3.44. The number of nitrogens with zero attached hydrogens (tertiary/aromatic N) is 2. The molecule has 1 N–H and O–H groups in total. The number of aromatic nitrogens is 1. The van der Waals surface area contributed by atoms with Crippen molar-refractivity contribution in [3.05, 3.63) is 76.3 Å². The van der Waals surface area contributed by atoms with Crippen molar-refractivity contribution in [1.82, 2.24) is 9.99 Å². The van der Waals surface area contributed by atoms with E-state index < -0.39 is 0 Å². The zero-order valence-electron chi connectivity index (χ0n) is 16.2. The normalized spacial score (nSPS) is 11.4. The molecule has 0 bridgehead atoms. The summed E-state index contributed by atoms with van der Waals surface area (Å²) in [5.41, 5.74) is 5.74. The van der Waals surface area contributed by atoms with E-state index in [-0.39, 0.29) is 12.5 Å². The first-order chi connectivity index (χ1) is 14.6. The molecule has 7 heteroatoms. The molecule has 3 aromatic carbocycles. The highest BCUT2D eigenvalue weighted by Gasteiger charge is 2.09. The third kappa shape index (κ3) is 4.13. The van der Waals surface area contributed by atoms with Crippen LogP contribution in [-0.2, 0) is 11.3 Å². The van der Waals surface area contributed by atoms with Crippen LogP contribution in [-0.4, -0.2) is 23.3 Å². The number of carbonyl (C=O) groups excluding carboxylic acids is 1. The smallest absolute Gasteiger partial charge is 0.277 e. The standard InChI is InChI=1S/C23H19Cl2N3O2/c1-2-28-20-6-4-3-5-17(20)18-11-15(7-9-21(18)28)13-26-27-23(29)14-30-22-10-8-16(24)12-19(22)25/h3-13H,2,14H2,1H3,(H,27,29). The van der Waals surface area contributed by atoms with Gasteiger partial charge in [-0.05, 0) is 48.9 Å². The summed E-state index contributed by atoms with van der Waals surface area (Å²) in [6.07, 6.45) is 1.62. The highest BCUT2D eigenvalue weighted by atomic mass is 35.5. The lowest BCUT2D eigenvalue weighted by Gasteiger charge is -2.07. The van der Waals surface area contributed by atoms with Gasteiger partial charge >= 0.3 is 0 Å². The molecule has 0 radical (unpaired) electrons. The van der Waals surface area contributed by atoms with Crippen molar-refractivity contribution < 1.29 is 9.53 Å². The molecule has 1 amide bonds. The largest absolute Gasteiger partial charge is 0.482 e. The number of fused-ring (bicyclic) bond motifs is 3. The number of nitrogens with one attached hydrogen (secondary N) is 1. The van der Waals surface area contributed by atoms with E-state index in [4.69, 9.17) is 27.9 Å². The minimum absolute atomic E-state index is 0.207. The highest BCUT2D eigenvalue weighted by molar-refractivity contribution is 6.35. The molecule has 0 atom stereocenters. The lowest BCUT2D eigenvalue weighted by molar-refractivity contribution is -0.123. The highest BCUT2D eigenvalue weighted by Crippen LogP contribution is 2.29. The Balaban J connectivity index is 1.45. The Hall–Kier alpha value is -3.02. The fraction of sp³-hybridized carbons (Fsp3) is 0.130. The van der Waals surface area contributed by atoms with Crippen LogP contribution in [0.25, 0.3) is 21.8 Å². The molecule has 0 saturated heterocycles. The van der Waals surface area contributed by atoms with Gasteiger partial charge in [0.25, 0.3) is 5.91 Å². The van der Waals surface area contributed by atoms with Gasteiger partial charge in [-0.15, -0.1) is 0 Å². The second-order valence-corrected chi connectivity index (χ2v) is 7.54. The molecule has 0 aliphatic heterocycles. The van der Waals surface area contributed by atoms with Crippen molar-refractivity contribution in [1.29, 1.82) is 0 Å². The van der Waals surface area contributed by atoms with E-state index in [2.05, 4.69) is 46.3 Å². The van der Waals surface area contributed by atoms with Gasteiger partial charge in [0.2, 0.25) is 0 Å². The van der Waals surface area contributed by atoms with Gasteiger partial charge in [0.1, 0.15) is 5.75 Å². The number of hydrogen-bond acceptors (Lipinski definition) is 3. The Morgan fingerprint density at radius 2 is 1.87 bits per heavy atom. The number of rotatable bonds is 6. The maximum absolute atomic E-state index is 12.0.